The predicted molar refractivity (Wildman–Crippen MR) is 140 cm³/mol. The smallest absolute Gasteiger partial charge is 0.408 e. The third-order valence-corrected chi connectivity index (χ3v) is 7.44. The van der Waals surface area contributed by atoms with Gasteiger partial charge in [0.25, 0.3) is 0 Å². The van der Waals surface area contributed by atoms with Gasteiger partial charge in [-0.2, -0.15) is 0 Å². The average molecular weight is 502 g/mol. The topological polar surface area (TPSA) is 101 Å². The quantitative estimate of drug-likeness (QED) is 0.510. The number of carbonyl (C=O) groups excluding carboxylic acids is 2. The Labute approximate surface area is 212 Å². The van der Waals surface area contributed by atoms with Crippen LogP contribution in [0.5, 0.6) is 0 Å². The molecule has 1 heterocycles. The summed E-state index contributed by atoms with van der Waals surface area (Å²) in [4.78, 5) is 29.1. The molecule has 1 aliphatic carbocycles. The van der Waals surface area contributed by atoms with E-state index in [1.54, 1.807) is 32.1 Å². The summed E-state index contributed by atoms with van der Waals surface area (Å²) in [5.41, 5.74) is 4.52. The summed E-state index contributed by atoms with van der Waals surface area (Å²) < 4.78 is 5.15. The minimum absolute atomic E-state index is 0.139. The number of aromatic nitrogens is 1. The number of alkyl carbamates (subject to hydrolysis) is 1. The van der Waals surface area contributed by atoms with Crippen molar-refractivity contribution in [3.05, 3.63) is 39.7 Å². The number of ether oxygens (including phenoxy) is 1. The Kier molecular flexibility index (Phi) is 7.96. The van der Waals surface area contributed by atoms with E-state index in [0.717, 1.165) is 22.7 Å². The van der Waals surface area contributed by atoms with Crippen LogP contribution in [0.15, 0.2) is 23.6 Å². The van der Waals surface area contributed by atoms with Gasteiger partial charge >= 0.3 is 6.09 Å². The summed E-state index contributed by atoms with van der Waals surface area (Å²) in [6, 6.07) is 5.65. The molecule has 3 N–H and O–H groups in total. The number of thiazole rings is 1. The second-order valence-corrected chi connectivity index (χ2v) is 12.5. The van der Waals surface area contributed by atoms with Gasteiger partial charge in [0.2, 0.25) is 5.91 Å². The number of rotatable bonds is 7. The Morgan fingerprint density at radius 2 is 1.80 bits per heavy atom. The minimum Gasteiger partial charge on any atom is -0.444 e. The van der Waals surface area contributed by atoms with Crippen LogP contribution >= 0.6 is 11.3 Å². The van der Waals surface area contributed by atoms with Crippen LogP contribution in [0.1, 0.15) is 77.4 Å². The number of benzene rings is 1. The van der Waals surface area contributed by atoms with Gasteiger partial charge in [0, 0.05) is 23.9 Å². The number of aliphatic hydroxyl groups excluding tert-OH is 1. The lowest BCUT2D eigenvalue weighted by molar-refractivity contribution is -0.124. The zero-order valence-electron chi connectivity index (χ0n) is 21.9. The average Bonchev–Trinajstić information content (AvgIpc) is 3.22. The summed E-state index contributed by atoms with van der Waals surface area (Å²) in [6.45, 7) is 14.3. The van der Waals surface area contributed by atoms with Gasteiger partial charge in [-0.05, 0) is 61.6 Å². The number of fused-ring (bicyclic) bond motifs is 1. The fraction of sp³-hybridized carbons (Fsp3) is 0.593. The van der Waals surface area contributed by atoms with Crippen molar-refractivity contribution in [1.82, 2.24) is 15.6 Å². The lowest BCUT2D eigenvalue weighted by atomic mass is 9.63. The molecular weight excluding hydrogens is 462 g/mol. The predicted octanol–water partition coefficient (Wildman–Crippen LogP) is 4.70. The zero-order valence-corrected chi connectivity index (χ0v) is 22.8. The molecule has 0 spiro atoms. The molecule has 2 aromatic rings. The van der Waals surface area contributed by atoms with E-state index in [2.05, 4.69) is 61.9 Å². The normalized spacial score (nSPS) is 17.3. The van der Waals surface area contributed by atoms with Crippen molar-refractivity contribution < 1.29 is 19.4 Å². The fourth-order valence-corrected chi connectivity index (χ4v) is 5.17. The first-order valence-corrected chi connectivity index (χ1v) is 13.1. The van der Waals surface area contributed by atoms with E-state index < -0.39 is 30.3 Å². The molecule has 1 atom stereocenters. The molecule has 0 radical (unpaired) electrons. The van der Waals surface area contributed by atoms with Gasteiger partial charge in [0.15, 0.2) is 0 Å². The van der Waals surface area contributed by atoms with Crippen molar-refractivity contribution in [2.45, 2.75) is 90.2 Å². The maximum absolute atomic E-state index is 12.4. The van der Waals surface area contributed by atoms with Crippen molar-refractivity contribution in [2.75, 3.05) is 13.2 Å². The summed E-state index contributed by atoms with van der Waals surface area (Å²) >= 11 is 1.56. The first-order chi connectivity index (χ1) is 16.2. The number of nitrogens with one attached hydrogen (secondary N) is 2. The molecule has 2 amide bonds. The van der Waals surface area contributed by atoms with Crippen LogP contribution in [0.2, 0.25) is 0 Å². The molecule has 1 unspecified atom stereocenters. The van der Waals surface area contributed by atoms with Crippen LogP contribution in [-0.4, -0.2) is 46.9 Å². The molecule has 192 valence electrons. The molecule has 0 bridgehead atoms. The van der Waals surface area contributed by atoms with Gasteiger partial charge in [0.1, 0.15) is 11.6 Å². The molecule has 0 aliphatic heterocycles. The van der Waals surface area contributed by atoms with Gasteiger partial charge in [-0.25, -0.2) is 9.78 Å². The van der Waals surface area contributed by atoms with Gasteiger partial charge < -0.3 is 20.5 Å². The lowest BCUT2D eigenvalue weighted by Gasteiger charge is -2.42. The SMILES string of the molecule is CC(C)(C)OC(=O)NC(CO)C(=O)NCCc1nc(-c2ccc3c(c2)C(C)(C)CCC3(C)C)cs1. The fourth-order valence-electron chi connectivity index (χ4n) is 4.37. The largest absolute Gasteiger partial charge is 0.444 e. The molecule has 8 heteroatoms. The monoisotopic (exact) mass is 501 g/mol. The maximum atomic E-state index is 12.4. The van der Waals surface area contributed by atoms with Crippen LogP contribution in [0.25, 0.3) is 11.3 Å². The molecular formula is C27H39N3O4S. The number of hydrogen-bond donors (Lipinski definition) is 3. The highest BCUT2D eigenvalue weighted by atomic mass is 32.1. The van der Waals surface area contributed by atoms with Crippen LogP contribution in [-0.2, 0) is 26.8 Å². The number of aliphatic hydroxyl groups is 1. The summed E-state index contributed by atoms with van der Waals surface area (Å²) in [6.07, 6.45) is 2.16. The molecule has 1 aromatic carbocycles. The molecule has 1 aliphatic rings. The van der Waals surface area contributed by atoms with Crippen LogP contribution in [0.3, 0.4) is 0 Å². The van der Waals surface area contributed by atoms with E-state index in [0.29, 0.717) is 13.0 Å². The standard InChI is InChI=1S/C27H39N3O4S/c1-25(2,3)34-24(33)30-20(15-31)23(32)28-13-10-22-29-21(16-35-22)17-8-9-18-19(14-17)27(6,7)12-11-26(18,4)5/h8-9,14,16,20,31H,10-13,15H2,1-7H3,(H,28,32)(H,30,33). The van der Waals surface area contributed by atoms with Gasteiger partial charge in [0.05, 0.1) is 17.3 Å². The lowest BCUT2D eigenvalue weighted by Crippen LogP contribution is -2.50. The van der Waals surface area contributed by atoms with Gasteiger partial charge in [-0.1, -0.05) is 39.8 Å². The van der Waals surface area contributed by atoms with E-state index in [9.17, 15) is 14.7 Å². The minimum atomic E-state index is -1.07. The van der Waals surface area contributed by atoms with Crippen molar-refractivity contribution in [1.29, 1.82) is 0 Å². The molecule has 1 aromatic heterocycles. The number of carbonyl (C=O) groups is 2. The van der Waals surface area contributed by atoms with E-state index >= 15 is 0 Å². The van der Waals surface area contributed by atoms with Gasteiger partial charge in [-0.3, -0.25) is 4.79 Å². The highest BCUT2D eigenvalue weighted by Gasteiger charge is 2.37. The number of nitrogens with zero attached hydrogens (tertiary/aromatic N) is 1. The zero-order chi connectivity index (χ0) is 26.0. The second kappa shape index (κ2) is 10.3. The van der Waals surface area contributed by atoms with E-state index in [-0.39, 0.29) is 10.8 Å². The number of hydrogen-bond acceptors (Lipinski definition) is 6. The van der Waals surface area contributed by atoms with Crippen LogP contribution in [0.4, 0.5) is 4.79 Å². The second-order valence-electron chi connectivity index (χ2n) is 11.6. The maximum Gasteiger partial charge on any atom is 0.408 e. The highest BCUT2D eigenvalue weighted by Crippen LogP contribution is 2.46. The van der Waals surface area contributed by atoms with E-state index in [1.807, 2.05) is 0 Å². The van der Waals surface area contributed by atoms with E-state index in [1.165, 1.54) is 17.5 Å². The molecule has 0 saturated heterocycles. The first kappa shape index (κ1) is 27.1. The Hall–Kier alpha value is -2.45. The van der Waals surface area contributed by atoms with Crippen molar-refractivity contribution >= 4 is 23.3 Å². The first-order valence-electron chi connectivity index (χ1n) is 12.2. The molecule has 35 heavy (non-hydrogen) atoms. The van der Waals surface area contributed by atoms with Crippen molar-refractivity contribution in [3.8, 4) is 11.3 Å². The van der Waals surface area contributed by atoms with Crippen LogP contribution in [0, 0.1) is 0 Å². The number of amides is 2. The van der Waals surface area contributed by atoms with Crippen LogP contribution < -0.4 is 10.6 Å². The third-order valence-electron chi connectivity index (χ3n) is 6.53. The summed E-state index contributed by atoms with van der Waals surface area (Å²) in [7, 11) is 0. The Morgan fingerprint density at radius 1 is 1.14 bits per heavy atom. The third kappa shape index (κ3) is 6.82. The summed E-state index contributed by atoms with van der Waals surface area (Å²) in [5.74, 6) is -0.463. The summed E-state index contributed by atoms with van der Waals surface area (Å²) in [5, 5.41) is 17.6. The van der Waals surface area contributed by atoms with Crippen molar-refractivity contribution in [3.63, 3.8) is 0 Å². The Balaban J connectivity index is 1.60. The molecule has 7 nitrogen and oxygen atoms in total. The Morgan fingerprint density at radius 3 is 2.43 bits per heavy atom. The molecule has 0 fully saturated rings. The highest BCUT2D eigenvalue weighted by molar-refractivity contribution is 7.09. The molecule has 0 saturated carbocycles. The Bertz CT molecular complexity index is 1070. The van der Waals surface area contributed by atoms with E-state index in [4.69, 9.17) is 9.72 Å². The van der Waals surface area contributed by atoms with Crippen molar-refractivity contribution in [2.24, 2.45) is 0 Å². The molecule has 3 rings (SSSR count). The van der Waals surface area contributed by atoms with Gasteiger partial charge in [-0.15, -0.1) is 11.3 Å².